The Balaban J connectivity index is 2.39. The van der Waals surface area contributed by atoms with Crippen LogP contribution < -0.4 is 5.32 Å². The molecule has 0 spiro atoms. The zero-order valence-electron chi connectivity index (χ0n) is 5.36. The van der Waals surface area contributed by atoms with Gasteiger partial charge in [-0.2, -0.15) is 0 Å². The summed E-state index contributed by atoms with van der Waals surface area (Å²) < 4.78 is 12.3. The van der Waals surface area contributed by atoms with Crippen LogP contribution in [-0.2, 0) is 4.79 Å². The Bertz CT molecular complexity index is 126. The predicted molar refractivity (Wildman–Crippen MR) is 32.0 cm³/mol. The maximum atomic E-state index is 12.3. The minimum atomic E-state index is -0.820. The molecule has 0 bridgehead atoms. The van der Waals surface area contributed by atoms with Crippen molar-refractivity contribution >= 4 is 5.78 Å². The van der Waals surface area contributed by atoms with E-state index in [1.807, 2.05) is 0 Å². The Labute approximate surface area is 53.4 Å². The molecule has 0 aromatic rings. The van der Waals surface area contributed by atoms with E-state index in [0.717, 1.165) is 0 Å². The monoisotopic (exact) mass is 131 g/mol. The molecular weight excluding hydrogens is 121 g/mol. The summed E-state index contributed by atoms with van der Waals surface area (Å²) in [4.78, 5) is 10.6. The number of hydrogen-bond acceptors (Lipinski definition) is 2. The SMILES string of the molecule is CC(=O)[C@H]1C[C@H](F)CN1. The van der Waals surface area contributed by atoms with Gasteiger partial charge in [0.05, 0.1) is 6.04 Å². The van der Waals surface area contributed by atoms with Gasteiger partial charge in [0.15, 0.2) is 0 Å². The molecule has 3 heteroatoms. The van der Waals surface area contributed by atoms with E-state index in [9.17, 15) is 9.18 Å². The van der Waals surface area contributed by atoms with Crippen LogP contribution in [0.2, 0.25) is 0 Å². The first kappa shape index (κ1) is 6.68. The van der Waals surface area contributed by atoms with Crippen molar-refractivity contribution in [1.82, 2.24) is 5.32 Å². The molecule has 1 fully saturated rings. The number of halogens is 1. The molecule has 2 nitrogen and oxygen atoms in total. The maximum absolute atomic E-state index is 12.3. The quantitative estimate of drug-likeness (QED) is 0.553. The van der Waals surface area contributed by atoms with Crippen LogP contribution in [0.15, 0.2) is 0 Å². The fourth-order valence-corrected chi connectivity index (χ4v) is 1.00. The molecule has 0 saturated carbocycles. The lowest BCUT2D eigenvalue weighted by Gasteiger charge is -2.01. The normalized spacial score (nSPS) is 34.9. The Kier molecular flexibility index (Phi) is 1.81. The second-order valence-corrected chi connectivity index (χ2v) is 2.40. The van der Waals surface area contributed by atoms with Gasteiger partial charge in [0.25, 0.3) is 0 Å². The highest BCUT2D eigenvalue weighted by Crippen LogP contribution is 2.09. The molecule has 0 aliphatic carbocycles. The van der Waals surface area contributed by atoms with E-state index >= 15 is 0 Å². The summed E-state index contributed by atoms with van der Waals surface area (Å²) in [5.41, 5.74) is 0. The molecule has 1 N–H and O–H groups in total. The van der Waals surface area contributed by atoms with Crippen molar-refractivity contribution in [2.45, 2.75) is 25.6 Å². The van der Waals surface area contributed by atoms with Gasteiger partial charge in [-0.15, -0.1) is 0 Å². The van der Waals surface area contributed by atoms with Crippen LogP contribution in [0.5, 0.6) is 0 Å². The van der Waals surface area contributed by atoms with E-state index in [1.54, 1.807) is 0 Å². The molecule has 9 heavy (non-hydrogen) atoms. The van der Waals surface area contributed by atoms with Crippen molar-refractivity contribution in [3.8, 4) is 0 Å². The Morgan fingerprint density at radius 1 is 1.78 bits per heavy atom. The fourth-order valence-electron chi connectivity index (χ4n) is 1.00. The minimum Gasteiger partial charge on any atom is -0.304 e. The van der Waals surface area contributed by atoms with Crippen LogP contribution in [0, 0.1) is 0 Å². The second kappa shape index (κ2) is 2.43. The van der Waals surface area contributed by atoms with Crippen molar-refractivity contribution in [2.24, 2.45) is 0 Å². The van der Waals surface area contributed by atoms with Gasteiger partial charge in [0.1, 0.15) is 12.0 Å². The number of Topliss-reactive ketones (excluding diaryl/α,β-unsaturated/α-hetero) is 1. The van der Waals surface area contributed by atoms with Gasteiger partial charge >= 0.3 is 0 Å². The number of hydrogen-bond donors (Lipinski definition) is 1. The average Bonchev–Trinajstić information content (AvgIpc) is 2.14. The van der Waals surface area contributed by atoms with Crippen LogP contribution in [0.4, 0.5) is 4.39 Å². The first-order valence-corrected chi connectivity index (χ1v) is 3.08. The summed E-state index contributed by atoms with van der Waals surface area (Å²) in [5, 5.41) is 2.78. The van der Waals surface area contributed by atoms with Crippen molar-refractivity contribution in [3.05, 3.63) is 0 Å². The number of ketones is 1. The molecule has 1 saturated heterocycles. The Hall–Kier alpha value is -0.440. The van der Waals surface area contributed by atoms with E-state index in [2.05, 4.69) is 5.32 Å². The molecule has 1 aliphatic rings. The predicted octanol–water partition coefficient (Wildman–Crippen LogP) is 0.275. The molecule has 1 rings (SSSR count). The smallest absolute Gasteiger partial charge is 0.146 e. The molecule has 0 aromatic carbocycles. The minimum absolute atomic E-state index is 0.0372. The topological polar surface area (TPSA) is 29.1 Å². The van der Waals surface area contributed by atoms with Crippen molar-refractivity contribution in [3.63, 3.8) is 0 Å². The Morgan fingerprint density at radius 2 is 2.44 bits per heavy atom. The van der Waals surface area contributed by atoms with Gasteiger partial charge in [-0.25, -0.2) is 4.39 Å². The Morgan fingerprint density at radius 3 is 2.67 bits per heavy atom. The van der Waals surface area contributed by atoms with Crippen LogP contribution in [-0.4, -0.2) is 24.5 Å². The van der Waals surface area contributed by atoms with Gasteiger partial charge in [0.2, 0.25) is 0 Å². The molecule has 0 unspecified atom stereocenters. The van der Waals surface area contributed by atoms with Crippen LogP contribution in [0.25, 0.3) is 0 Å². The highest BCUT2D eigenvalue weighted by Gasteiger charge is 2.26. The average molecular weight is 131 g/mol. The lowest BCUT2D eigenvalue weighted by Crippen LogP contribution is -2.28. The highest BCUT2D eigenvalue weighted by atomic mass is 19.1. The molecule has 2 atom stereocenters. The molecule has 1 heterocycles. The van der Waals surface area contributed by atoms with E-state index in [-0.39, 0.29) is 11.8 Å². The summed E-state index contributed by atoms with van der Waals surface area (Å²) in [6, 6.07) is -0.222. The van der Waals surface area contributed by atoms with Crippen LogP contribution >= 0.6 is 0 Å². The first-order valence-electron chi connectivity index (χ1n) is 3.08. The maximum Gasteiger partial charge on any atom is 0.146 e. The number of nitrogens with one attached hydrogen (secondary N) is 1. The fraction of sp³-hybridized carbons (Fsp3) is 0.833. The molecule has 0 aromatic heterocycles. The molecular formula is C6H10FNO. The summed E-state index contributed by atoms with van der Waals surface area (Å²) >= 11 is 0. The van der Waals surface area contributed by atoms with Crippen molar-refractivity contribution in [1.29, 1.82) is 0 Å². The summed E-state index contributed by atoms with van der Waals surface area (Å²) in [6.07, 6.45) is -0.464. The van der Waals surface area contributed by atoms with Gasteiger partial charge in [-0.1, -0.05) is 0 Å². The third-order valence-electron chi connectivity index (χ3n) is 1.57. The van der Waals surface area contributed by atoms with E-state index in [0.29, 0.717) is 13.0 Å². The molecule has 1 aliphatic heterocycles. The number of rotatable bonds is 1. The zero-order valence-corrected chi connectivity index (χ0v) is 5.36. The van der Waals surface area contributed by atoms with Crippen molar-refractivity contribution in [2.75, 3.05) is 6.54 Å². The highest BCUT2D eigenvalue weighted by molar-refractivity contribution is 5.81. The largest absolute Gasteiger partial charge is 0.304 e. The van der Waals surface area contributed by atoms with E-state index < -0.39 is 6.17 Å². The van der Waals surface area contributed by atoms with E-state index in [1.165, 1.54) is 6.92 Å². The van der Waals surface area contributed by atoms with Crippen LogP contribution in [0.3, 0.4) is 0 Å². The van der Waals surface area contributed by atoms with Crippen molar-refractivity contribution < 1.29 is 9.18 Å². The lowest BCUT2D eigenvalue weighted by molar-refractivity contribution is -0.118. The molecule has 52 valence electrons. The van der Waals surface area contributed by atoms with Gasteiger partial charge < -0.3 is 5.32 Å². The number of alkyl halides is 1. The summed E-state index contributed by atoms with van der Waals surface area (Å²) in [5.74, 6) is 0.0372. The summed E-state index contributed by atoms with van der Waals surface area (Å²) in [6.45, 7) is 1.82. The van der Waals surface area contributed by atoms with Crippen LogP contribution in [0.1, 0.15) is 13.3 Å². The summed E-state index contributed by atoms with van der Waals surface area (Å²) in [7, 11) is 0. The lowest BCUT2D eigenvalue weighted by atomic mass is 10.1. The van der Waals surface area contributed by atoms with Gasteiger partial charge in [-0.3, -0.25) is 4.79 Å². The number of carbonyl (C=O) groups excluding carboxylic acids is 1. The van der Waals surface area contributed by atoms with Gasteiger partial charge in [-0.05, 0) is 6.92 Å². The second-order valence-electron chi connectivity index (χ2n) is 2.40. The molecule has 0 amide bonds. The standard InChI is InChI=1S/C6H10FNO/c1-4(9)6-2-5(7)3-8-6/h5-6,8H,2-3H2,1H3/t5-,6+/m0/s1. The zero-order chi connectivity index (χ0) is 6.85. The third kappa shape index (κ3) is 1.48. The number of carbonyl (C=O) groups is 1. The third-order valence-corrected chi connectivity index (χ3v) is 1.57. The van der Waals surface area contributed by atoms with Gasteiger partial charge in [0, 0.05) is 13.0 Å². The molecule has 0 radical (unpaired) electrons. The first-order chi connectivity index (χ1) is 4.20. The van der Waals surface area contributed by atoms with E-state index in [4.69, 9.17) is 0 Å².